The highest BCUT2D eigenvalue weighted by Crippen LogP contribution is 2.25. The highest BCUT2D eigenvalue weighted by Gasteiger charge is 2.18. The first-order valence-electron chi connectivity index (χ1n) is 7.17. The van der Waals surface area contributed by atoms with Gasteiger partial charge in [0, 0.05) is 23.4 Å². The zero-order valence-corrected chi connectivity index (χ0v) is 13.9. The predicted molar refractivity (Wildman–Crippen MR) is 86.9 cm³/mol. The Balaban J connectivity index is 2.41. The van der Waals surface area contributed by atoms with Crippen LogP contribution in [0.2, 0.25) is 0 Å². The summed E-state index contributed by atoms with van der Waals surface area (Å²) in [6.45, 7) is 8.37. The Morgan fingerprint density at radius 1 is 1.30 bits per heavy atom. The van der Waals surface area contributed by atoms with Crippen molar-refractivity contribution in [3.05, 3.63) is 52.0 Å². The first-order chi connectivity index (χ1) is 9.65. The summed E-state index contributed by atoms with van der Waals surface area (Å²) in [5, 5.41) is 3.61. The fraction of sp³-hybridized carbons (Fsp3) is 0.438. The van der Waals surface area contributed by atoms with Crippen LogP contribution >= 0.6 is 15.9 Å². The number of aryl methyl sites for hydroxylation is 2. The van der Waals surface area contributed by atoms with Crippen molar-refractivity contribution in [2.24, 2.45) is 0 Å². The monoisotopic (exact) mass is 335 g/mol. The van der Waals surface area contributed by atoms with Crippen LogP contribution in [0.4, 0.5) is 0 Å². The molecule has 2 aromatic rings. The number of nitrogens with one attached hydrogen (secondary N) is 1. The van der Waals surface area contributed by atoms with Gasteiger partial charge in [0.1, 0.15) is 5.82 Å². The van der Waals surface area contributed by atoms with Gasteiger partial charge in [-0.25, -0.2) is 4.98 Å². The molecule has 0 radical (unpaired) electrons. The second-order valence-corrected chi connectivity index (χ2v) is 5.94. The van der Waals surface area contributed by atoms with Gasteiger partial charge in [0.2, 0.25) is 0 Å². The average Bonchev–Trinajstić information content (AvgIpc) is 2.86. The lowest BCUT2D eigenvalue weighted by molar-refractivity contribution is 0.541. The van der Waals surface area contributed by atoms with E-state index in [1.807, 2.05) is 12.4 Å². The lowest BCUT2D eigenvalue weighted by Crippen LogP contribution is -2.26. The summed E-state index contributed by atoms with van der Waals surface area (Å²) in [4.78, 5) is 4.56. The molecule has 1 atom stereocenters. The Morgan fingerprint density at radius 3 is 2.75 bits per heavy atom. The largest absolute Gasteiger partial charge is 0.334 e. The molecule has 0 aliphatic heterocycles. The number of imidazole rings is 1. The molecular formula is C16H22BrN3. The van der Waals surface area contributed by atoms with E-state index in [-0.39, 0.29) is 6.04 Å². The minimum Gasteiger partial charge on any atom is -0.334 e. The van der Waals surface area contributed by atoms with Crippen molar-refractivity contribution >= 4 is 15.9 Å². The molecule has 0 spiro atoms. The van der Waals surface area contributed by atoms with Crippen molar-refractivity contribution in [2.75, 3.05) is 6.54 Å². The third-order valence-corrected chi connectivity index (χ3v) is 3.80. The van der Waals surface area contributed by atoms with Crippen LogP contribution in [-0.4, -0.2) is 16.1 Å². The fourth-order valence-corrected chi connectivity index (χ4v) is 3.05. The summed E-state index contributed by atoms with van der Waals surface area (Å²) in [5.41, 5.74) is 2.51. The average molecular weight is 336 g/mol. The Morgan fingerprint density at radius 2 is 2.10 bits per heavy atom. The third kappa shape index (κ3) is 3.49. The number of halogens is 1. The highest BCUT2D eigenvalue weighted by molar-refractivity contribution is 9.10. The third-order valence-electron chi connectivity index (χ3n) is 3.34. The summed E-state index contributed by atoms with van der Waals surface area (Å²) in [7, 11) is 0. The number of benzene rings is 1. The van der Waals surface area contributed by atoms with Gasteiger partial charge in [-0.05, 0) is 50.1 Å². The molecule has 108 valence electrons. The molecule has 0 amide bonds. The number of hydrogen-bond acceptors (Lipinski definition) is 2. The predicted octanol–water partition coefficient (Wildman–Crippen LogP) is 4.06. The van der Waals surface area contributed by atoms with Crippen LogP contribution in [0.25, 0.3) is 0 Å². The molecule has 1 aromatic carbocycles. The second kappa shape index (κ2) is 7.04. The zero-order valence-electron chi connectivity index (χ0n) is 12.4. The van der Waals surface area contributed by atoms with Crippen molar-refractivity contribution in [3.63, 3.8) is 0 Å². The van der Waals surface area contributed by atoms with E-state index in [0.29, 0.717) is 0 Å². The molecule has 1 unspecified atom stereocenters. The Kier molecular flexibility index (Phi) is 5.38. The van der Waals surface area contributed by atoms with E-state index in [2.05, 4.69) is 69.8 Å². The molecule has 3 nitrogen and oxygen atoms in total. The number of rotatable bonds is 6. The molecule has 0 aliphatic rings. The van der Waals surface area contributed by atoms with Gasteiger partial charge in [-0.15, -0.1) is 0 Å². The first-order valence-corrected chi connectivity index (χ1v) is 7.96. The Bertz CT molecular complexity index is 542. The van der Waals surface area contributed by atoms with Crippen LogP contribution in [0.1, 0.15) is 43.3 Å². The Labute approximate surface area is 129 Å². The van der Waals surface area contributed by atoms with Gasteiger partial charge in [0.15, 0.2) is 0 Å². The van der Waals surface area contributed by atoms with Gasteiger partial charge >= 0.3 is 0 Å². The maximum atomic E-state index is 4.56. The maximum absolute atomic E-state index is 4.56. The minimum absolute atomic E-state index is 0.140. The number of aromatic nitrogens is 2. The van der Waals surface area contributed by atoms with E-state index in [0.717, 1.165) is 29.8 Å². The summed E-state index contributed by atoms with van der Waals surface area (Å²) >= 11 is 3.59. The van der Waals surface area contributed by atoms with Crippen LogP contribution in [0.3, 0.4) is 0 Å². The fourth-order valence-electron chi connectivity index (χ4n) is 2.43. The van der Waals surface area contributed by atoms with E-state index in [4.69, 9.17) is 0 Å². The highest BCUT2D eigenvalue weighted by atomic mass is 79.9. The second-order valence-electron chi connectivity index (χ2n) is 5.02. The van der Waals surface area contributed by atoms with Gasteiger partial charge in [-0.2, -0.15) is 0 Å². The topological polar surface area (TPSA) is 29.9 Å². The molecule has 1 heterocycles. The number of hydrogen-bond donors (Lipinski definition) is 1. The summed E-state index contributed by atoms with van der Waals surface area (Å²) in [5.74, 6) is 1.08. The molecule has 1 aromatic heterocycles. The molecular weight excluding hydrogens is 314 g/mol. The summed E-state index contributed by atoms with van der Waals surface area (Å²) in [6.07, 6.45) is 5.03. The van der Waals surface area contributed by atoms with Gasteiger partial charge in [0.25, 0.3) is 0 Å². The molecule has 0 aliphatic carbocycles. The van der Waals surface area contributed by atoms with E-state index in [1.165, 1.54) is 11.1 Å². The van der Waals surface area contributed by atoms with Crippen molar-refractivity contribution in [1.82, 2.24) is 14.9 Å². The van der Waals surface area contributed by atoms with E-state index >= 15 is 0 Å². The van der Waals surface area contributed by atoms with Crippen molar-refractivity contribution in [2.45, 2.75) is 39.8 Å². The van der Waals surface area contributed by atoms with Crippen LogP contribution in [0.5, 0.6) is 0 Å². The first kappa shape index (κ1) is 15.3. The molecule has 4 heteroatoms. The van der Waals surface area contributed by atoms with Crippen LogP contribution < -0.4 is 5.32 Å². The SMILES string of the molecule is CCCNC(c1cc(C)cc(Br)c1)c1nccn1CC. The normalized spacial score (nSPS) is 12.6. The van der Waals surface area contributed by atoms with E-state index < -0.39 is 0 Å². The molecule has 20 heavy (non-hydrogen) atoms. The Hall–Kier alpha value is -1.13. The molecule has 1 N–H and O–H groups in total. The molecule has 0 fully saturated rings. The van der Waals surface area contributed by atoms with Gasteiger partial charge < -0.3 is 9.88 Å². The lowest BCUT2D eigenvalue weighted by atomic mass is 10.0. The minimum atomic E-state index is 0.140. The quantitative estimate of drug-likeness (QED) is 0.862. The summed E-state index contributed by atoms with van der Waals surface area (Å²) < 4.78 is 3.31. The van der Waals surface area contributed by atoms with Gasteiger partial charge in [-0.3, -0.25) is 0 Å². The van der Waals surface area contributed by atoms with Crippen LogP contribution in [0.15, 0.2) is 35.1 Å². The molecule has 0 saturated heterocycles. The van der Waals surface area contributed by atoms with E-state index in [1.54, 1.807) is 0 Å². The molecule has 0 bridgehead atoms. The zero-order chi connectivity index (χ0) is 14.5. The van der Waals surface area contributed by atoms with Crippen LogP contribution in [-0.2, 0) is 6.54 Å². The summed E-state index contributed by atoms with van der Waals surface area (Å²) in [6, 6.07) is 6.68. The van der Waals surface area contributed by atoms with Crippen LogP contribution in [0, 0.1) is 6.92 Å². The van der Waals surface area contributed by atoms with Crippen molar-refractivity contribution in [3.8, 4) is 0 Å². The van der Waals surface area contributed by atoms with Crippen molar-refractivity contribution < 1.29 is 0 Å². The standard InChI is InChI=1S/C16H22BrN3/c1-4-6-18-15(16-19-7-8-20(16)5-2)13-9-12(3)10-14(17)11-13/h7-11,15,18H,4-6H2,1-3H3. The smallest absolute Gasteiger partial charge is 0.130 e. The van der Waals surface area contributed by atoms with Gasteiger partial charge in [-0.1, -0.05) is 28.9 Å². The maximum Gasteiger partial charge on any atom is 0.130 e. The van der Waals surface area contributed by atoms with Gasteiger partial charge in [0.05, 0.1) is 6.04 Å². The number of nitrogens with zero attached hydrogens (tertiary/aromatic N) is 2. The molecule has 0 saturated carbocycles. The van der Waals surface area contributed by atoms with Crippen molar-refractivity contribution in [1.29, 1.82) is 0 Å². The lowest BCUT2D eigenvalue weighted by Gasteiger charge is -2.20. The van der Waals surface area contributed by atoms with E-state index in [9.17, 15) is 0 Å². The molecule has 2 rings (SSSR count).